The average Bonchev–Trinajstić information content (AvgIpc) is 2.44. The number of hydrogen-bond donors (Lipinski definition) is 1. The Morgan fingerprint density at radius 2 is 2.00 bits per heavy atom. The topological polar surface area (TPSA) is 38.3 Å². The molecule has 2 aromatic carbocycles. The van der Waals surface area contributed by atoms with Crippen LogP contribution in [-0.4, -0.2) is 12.5 Å². The van der Waals surface area contributed by atoms with Gasteiger partial charge in [0.2, 0.25) is 0 Å². The summed E-state index contributed by atoms with van der Waals surface area (Å²) in [5, 5.41) is 3.47. The summed E-state index contributed by atoms with van der Waals surface area (Å²) in [5.41, 5.74) is 3.16. The Balaban J connectivity index is 1.82. The maximum atomic E-state index is 11.8. The van der Waals surface area contributed by atoms with Crippen LogP contribution in [0.15, 0.2) is 42.5 Å². The van der Waals surface area contributed by atoms with Crippen molar-refractivity contribution in [3.8, 4) is 5.75 Å². The van der Waals surface area contributed by atoms with Crippen LogP contribution in [0.1, 0.15) is 16.7 Å². The van der Waals surface area contributed by atoms with Gasteiger partial charge in [-0.2, -0.15) is 0 Å². The highest BCUT2D eigenvalue weighted by molar-refractivity contribution is 6.30. The molecule has 21 heavy (non-hydrogen) atoms. The summed E-state index contributed by atoms with van der Waals surface area (Å²) in [5.74, 6) is 0.577. The maximum Gasteiger partial charge on any atom is 0.258 e. The van der Waals surface area contributed by atoms with Crippen LogP contribution < -0.4 is 10.1 Å². The van der Waals surface area contributed by atoms with E-state index in [0.717, 1.165) is 16.9 Å². The third-order valence-corrected chi connectivity index (χ3v) is 3.30. The van der Waals surface area contributed by atoms with Gasteiger partial charge < -0.3 is 10.1 Å². The minimum atomic E-state index is -0.157. The van der Waals surface area contributed by atoms with Crippen LogP contribution in [0.5, 0.6) is 5.75 Å². The zero-order chi connectivity index (χ0) is 15.2. The van der Waals surface area contributed by atoms with Gasteiger partial charge in [-0.25, -0.2) is 0 Å². The number of carbonyl (C=O) groups is 1. The van der Waals surface area contributed by atoms with Gasteiger partial charge in [0, 0.05) is 11.6 Å². The monoisotopic (exact) mass is 303 g/mol. The lowest BCUT2D eigenvalue weighted by Crippen LogP contribution is -2.28. The number of carbonyl (C=O) groups excluding carboxylic acids is 1. The van der Waals surface area contributed by atoms with Gasteiger partial charge in [-0.15, -0.1) is 0 Å². The first kappa shape index (κ1) is 15.4. The highest BCUT2D eigenvalue weighted by Crippen LogP contribution is 2.18. The van der Waals surface area contributed by atoms with Crippen LogP contribution in [0.2, 0.25) is 5.02 Å². The number of rotatable bonds is 5. The van der Waals surface area contributed by atoms with Gasteiger partial charge in [0.15, 0.2) is 6.61 Å². The van der Waals surface area contributed by atoms with E-state index in [0.29, 0.717) is 11.6 Å². The minimum absolute atomic E-state index is 0.00443. The molecule has 110 valence electrons. The van der Waals surface area contributed by atoms with Crippen LogP contribution in [-0.2, 0) is 11.3 Å². The number of benzene rings is 2. The Morgan fingerprint density at radius 1 is 1.19 bits per heavy atom. The van der Waals surface area contributed by atoms with Gasteiger partial charge in [-0.05, 0) is 43.2 Å². The Kier molecular flexibility index (Phi) is 5.23. The predicted octanol–water partition coefficient (Wildman–Crippen LogP) is 3.65. The second kappa shape index (κ2) is 7.14. The highest BCUT2D eigenvalue weighted by Gasteiger charge is 2.05. The van der Waals surface area contributed by atoms with E-state index < -0.39 is 0 Å². The first-order chi connectivity index (χ1) is 10.0. The highest BCUT2D eigenvalue weighted by atomic mass is 35.5. The fraction of sp³-hybridized carbons (Fsp3) is 0.235. The first-order valence-corrected chi connectivity index (χ1v) is 7.13. The quantitative estimate of drug-likeness (QED) is 0.915. The predicted molar refractivity (Wildman–Crippen MR) is 84.7 cm³/mol. The molecule has 0 aliphatic rings. The van der Waals surface area contributed by atoms with Crippen molar-refractivity contribution < 1.29 is 9.53 Å². The van der Waals surface area contributed by atoms with Crippen LogP contribution >= 0.6 is 11.6 Å². The Labute approximate surface area is 129 Å². The standard InChI is InChI=1S/C17H18ClNO2/c1-12-6-7-16(13(2)8-12)21-11-17(20)19-10-14-4-3-5-15(18)9-14/h3-9H,10-11H2,1-2H3,(H,19,20). The maximum absolute atomic E-state index is 11.8. The molecule has 0 unspecified atom stereocenters. The van der Waals surface area contributed by atoms with Gasteiger partial charge in [-0.1, -0.05) is 41.4 Å². The zero-order valence-electron chi connectivity index (χ0n) is 12.2. The van der Waals surface area contributed by atoms with Crippen LogP contribution in [0, 0.1) is 13.8 Å². The Morgan fingerprint density at radius 3 is 2.71 bits per heavy atom. The third-order valence-electron chi connectivity index (χ3n) is 3.07. The number of halogens is 1. The van der Waals surface area contributed by atoms with Crippen LogP contribution in [0.4, 0.5) is 0 Å². The number of amides is 1. The number of nitrogens with one attached hydrogen (secondary N) is 1. The normalized spacial score (nSPS) is 10.2. The number of ether oxygens (including phenoxy) is 1. The van der Waals surface area contributed by atoms with Gasteiger partial charge in [0.25, 0.3) is 5.91 Å². The largest absolute Gasteiger partial charge is 0.484 e. The van der Waals surface area contributed by atoms with Crippen LogP contribution in [0.3, 0.4) is 0 Å². The molecule has 2 rings (SSSR count). The molecule has 0 aliphatic heterocycles. The van der Waals surface area contributed by atoms with Crippen LogP contribution in [0.25, 0.3) is 0 Å². The Bertz CT molecular complexity index is 640. The van der Waals surface area contributed by atoms with E-state index in [4.69, 9.17) is 16.3 Å². The molecule has 0 bridgehead atoms. The fourth-order valence-electron chi connectivity index (χ4n) is 2.00. The molecule has 1 N–H and O–H groups in total. The summed E-state index contributed by atoms with van der Waals surface area (Å²) in [4.78, 5) is 11.8. The summed E-state index contributed by atoms with van der Waals surface area (Å²) in [6.07, 6.45) is 0. The molecule has 0 fully saturated rings. The van der Waals surface area contributed by atoms with E-state index in [2.05, 4.69) is 5.32 Å². The minimum Gasteiger partial charge on any atom is -0.484 e. The summed E-state index contributed by atoms with van der Waals surface area (Å²) in [6, 6.07) is 13.3. The molecule has 0 spiro atoms. The summed E-state index contributed by atoms with van der Waals surface area (Å²) < 4.78 is 5.53. The molecule has 0 saturated carbocycles. The van der Waals surface area contributed by atoms with Crippen molar-refractivity contribution in [2.45, 2.75) is 20.4 Å². The smallest absolute Gasteiger partial charge is 0.258 e. The lowest BCUT2D eigenvalue weighted by Gasteiger charge is -2.10. The molecule has 0 atom stereocenters. The zero-order valence-corrected chi connectivity index (χ0v) is 12.9. The van der Waals surface area contributed by atoms with Crippen molar-refractivity contribution in [1.82, 2.24) is 5.32 Å². The lowest BCUT2D eigenvalue weighted by atomic mass is 10.1. The van der Waals surface area contributed by atoms with Gasteiger partial charge in [0.05, 0.1) is 0 Å². The van der Waals surface area contributed by atoms with E-state index in [-0.39, 0.29) is 12.5 Å². The van der Waals surface area contributed by atoms with Crippen molar-refractivity contribution in [2.24, 2.45) is 0 Å². The van der Waals surface area contributed by atoms with Crippen molar-refractivity contribution >= 4 is 17.5 Å². The average molecular weight is 304 g/mol. The van der Waals surface area contributed by atoms with Crippen molar-refractivity contribution in [2.75, 3.05) is 6.61 Å². The van der Waals surface area contributed by atoms with E-state index in [9.17, 15) is 4.79 Å². The molecule has 4 heteroatoms. The fourth-order valence-corrected chi connectivity index (χ4v) is 2.22. The summed E-state index contributed by atoms with van der Waals surface area (Å²) in [7, 11) is 0. The molecule has 0 aromatic heterocycles. The second-order valence-corrected chi connectivity index (χ2v) is 5.40. The molecule has 0 aliphatic carbocycles. The molecule has 0 heterocycles. The van der Waals surface area contributed by atoms with E-state index >= 15 is 0 Å². The van der Waals surface area contributed by atoms with Gasteiger partial charge >= 0.3 is 0 Å². The second-order valence-electron chi connectivity index (χ2n) is 4.96. The number of hydrogen-bond acceptors (Lipinski definition) is 2. The molecular formula is C17H18ClNO2. The first-order valence-electron chi connectivity index (χ1n) is 6.76. The van der Waals surface area contributed by atoms with Crippen molar-refractivity contribution in [1.29, 1.82) is 0 Å². The molecule has 0 radical (unpaired) electrons. The third kappa shape index (κ3) is 4.80. The molecule has 3 nitrogen and oxygen atoms in total. The summed E-state index contributed by atoms with van der Waals surface area (Å²) >= 11 is 5.89. The molecule has 0 saturated heterocycles. The van der Waals surface area contributed by atoms with E-state index in [1.165, 1.54) is 5.56 Å². The molecule has 2 aromatic rings. The lowest BCUT2D eigenvalue weighted by molar-refractivity contribution is -0.123. The van der Waals surface area contributed by atoms with Crippen molar-refractivity contribution in [3.63, 3.8) is 0 Å². The van der Waals surface area contributed by atoms with Gasteiger partial charge in [0.1, 0.15) is 5.75 Å². The number of aryl methyl sites for hydroxylation is 2. The molecule has 1 amide bonds. The Hall–Kier alpha value is -2.00. The van der Waals surface area contributed by atoms with Gasteiger partial charge in [-0.3, -0.25) is 4.79 Å². The molecular weight excluding hydrogens is 286 g/mol. The van der Waals surface area contributed by atoms with E-state index in [1.807, 2.05) is 50.2 Å². The SMILES string of the molecule is Cc1ccc(OCC(=O)NCc2cccc(Cl)c2)c(C)c1. The summed E-state index contributed by atoms with van der Waals surface area (Å²) in [6.45, 7) is 4.43. The van der Waals surface area contributed by atoms with Crippen molar-refractivity contribution in [3.05, 3.63) is 64.2 Å². The van der Waals surface area contributed by atoms with E-state index in [1.54, 1.807) is 6.07 Å².